The zero-order chi connectivity index (χ0) is 27.7. The summed E-state index contributed by atoms with van der Waals surface area (Å²) >= 11 is 0. The lowest BCUT2D eigenvalue weighted by Gasteiger charge is -2.37. The summed E-state index contributed by atoms with van der Waals surface area (Å²) in [4.78, 5) is 17.5. The van der Waals surface area contributed by atoms with Crippen molar-refractivity contribution in [2.45, 2.75) is 95.9 Å². The minimum atomic E-state index is -0.631. The van der Waals surface area contributed by atoms with Crippen LogP contribution in [-0.4, -0.2) is 69.9 Å². The number of carboxylic acids is 1. The molecule has 218 valence electrons. The van der Waals surface area contributed by atoms with Crippen LogP contribution in [0.5, 0.6) is 0 Å². The number of likely N-dealkylation sites (tertiary alicyclic amines) is 2. The van der Waals surface area contributed by atoms with Gasteiger partial charge < -0.3 is 14.9 Å². The Balaban J connectivity index is 1.15. The van der Waals surface area contributed by atoms with Crippen molar-refractivity contribution in [3.63, 3.8) is 0 Å². The number of piperidine rings is 1. The van der Waals surface area contributed by atoms with E-state index in [4.69, 9.17) is 5.10 Å². The van der Waals surface area contributed by atoms with Crippen LogP contribution in [-0.2, 0) is 24.2 Å². The molecule has 0 bridgehead atoms. The van der Waals surface area contributed by atoms with Crippen LogP contribution in [0.4, 0.5) is 4.39 Å². The zero-order valence-corrected chi connectivity index (χ0v) is 24.3. The van der Waals surface area contributed by atoms with E-state index in [0.29, 0.717) is 18.4 Å². The fourth-order valence-electron chi connectivity index (χ4n) is 8.54. The fraction of sp³-hybridized carbons (Fsp3) is 0.697. The molecule has 6 nitrogen and oxygen atoms in total. The molecule has 40 heavy (non-hydrogen) atoms. The second-order valence-corrected chi connectivity index (χ2v) is 13.2. The number of halogens is 1. The lowest BCUT2D eigenvalue weighted by molar-refractivity contribution is -0.152. The molecule has 0 radical (unpaired) electrons. The molecule has 1 aromatic carbocycles. The van der Waals surface area contributed by atoms with Gasteiger partial charge in [0.05, 0.1) is 11.1 Å². The van der Waals surface area contributed by atoms with Crippen molar-refractivity contribution in [1.82, 2.24) is 19.6 Å². The maximum Gasteiger partial charge on any atom is 0.310 e. The maximum atomic E-state index is 14.3. The average molecular weight is 551 g/mol. The number of benzene rings is 1. The Labute approximate surface area is 238 Å². The third-order valence-corrected chi connectivity index (χ3v) is 10.6. The summed E-state index contributed by atoms with van der Waals surface area (Å²) in [6, 6.07) is 7.12. The fourth-order valence-corrected chi connectivity index (χ4v) is 8.54. The summed E-state index contributed by atoms with van der Waals surface area (Å²) in [5.41, 5.74) is 4.87. The Morgan fingerprint density at radius 2 is 1.82 bits per heavy atom. The number of aryl methyl sites for hydroxylation is 2. The van der Waals surface area contributed by atoms with E-state index in [-0.39, 0.29) is 11.7 Å². The van der Waals surface area contributed by atoms with Gasteiger partial charge in [0.2, 0.25) is 0 Å². The molecule has 0 spiro atoms. The molecular weight excluding hydrogens is 503 g/mol. The molecule has 3 heterocycles. The van der Waals surface area contributed by atoms with Crippen LogP contribution in [0.15, 0.2) is 24.3 Å². The molecule has 3 fully saturated rings. The van der Waals surface area contributed by atoms with Crippen molar-refractivity contribution < 1.29 is 14.3 Å². The lowest BCUT2D eigenvalue weighted by Crippen LogP contribution is -2.44. The highest BCUT2D eigenvalue weighted by Crippen LogP contribution is 2.42. The molecule has 2 aliphatic carbocycles. The van der Waals surface area contributed by atoms with Crippen LogP contribution in [0.3, 0.4) is 0 Å². The van der Waals surface area contributed by atoms with Crippen LogP contribution >= 0.6 is 0 Å². The van der Waals surface area contributed by atoms with Crippen molar-refractivity contribution in [2.75, 3.05) is 39.3 Å². The number of aromatic nitrogens is 2. The molecule has 2 atom stereocenters. The minimum Gasteiger partial charge on any atom is -0.481 e. The molecule has 2 saturated heterocycles. The first-order valence-corrected chi connectivity index (χ1v) is 16.0. The first-order valence-electron chi connectivity index (χ1n) is 16.0. The first kappa shape index (κ1) is 27.9. The molecule has 6 rings (SSSR count). The largest absolute Gasteiger partial charge is 0.481 e. The Hall–Kier alpha value is -2.25. The van der Waals surface area contributed by atoms with E-state index in [2.05, 4.69) is 27.5 Å². The number of hydrogen-bond donors (Lipinski definition) is 1. The second-order valence-electron chi connectivity index (χ2n) is 13.2. The number of hydrogen-bond acceptors (Lipinski definition) is 4. The standard InChI is InChI=1S/C33H47FN4O2/c1-2-38-31(28-11-4-5-12-30(28)35-38)24-13-17-36(18-14-24)20-26-21-37(22-29(26)25-9-8-10-27(34)19-25)23-33(32(39)40)15-6-3-7-16-33/h8-10,19,24,26,29H,2-7,11-18,20-23H2,1H3,(H,39,40)/t26-,29+/m0/s1. The molecule has 1 N–H and O–H groups in total. The van der Waals surface area contributed by atoms with E-state index in [1.54, 1.807) is 11.6 Å². The van der Waals surface area contributed by atoms with Gasteiger partial charge in [-0.05, 0) is 101 Å². The van der Waals surface area contributed by atoms with E-state index in [1.807, 2.05) is 6.07 Å². The highest BCUT2D eigenvalue weighted by molar-refractivity contribution is 5.75. The highest BCUT2D eigenvalue weighted by Gasteiger charge is 2.44. The summed E-state index contributed by atoms with van der Waals surface area (Å²) < 4.78 is 16.6. The predicted molar refractivity (Wildman–Crippen MR) is 155 cm³/mol. The van der Waals surface area contributed by atoms with Gasteiger partial charge in [-0.2, -0.15) is 5.10 Å². The van der Waals surface area contributed by atoms with Crippen molar-refractivity contribution >= 4 is 5.97 Å². The lowest BCUT2D eigenvalue weighted by atomic mass is 9.73. The normalized spacial score (nSPS) is 26.1. The van der Waals surface area contributed by atoms with Crippen LogP contribution < -0.4 is 0 Å². The third-order valence-electron chi connectivity index (χ3n) is 10.6. The smallest absolute Gasteiger partial charge is 0.310 e. The summed E-state index contributed by atoms with van der Waals surface area (Å²) in [5.74, 6) is 0.388. The van der Waals surface area contributed by atoms with Gasteiger partial charge in [0.1, 0.15) is 5.82 Å². The van der Waals surface area contributed by atoms with Crippen molar-refractivity contribution in [1.29, 1.82) is 0 Å². The molecular formula is C33H47FN4O2. The number of carbonyl (C=O) groups is 1. The minimum absolute atomic E-state index is 0.180. The van der Waals surface area contributed by atoms with E-state index >= 15 is 0 Å². The number of carboxylic acid groups (broad SMARTS) is 1. The van der Waals surface area contributed by atoms with Crippen molar-refractivity contribution in [2.24, 2.45) is 11.3 Å². The van der Waals surface area contributed by atoms with Crippen molar-refractivity contribution in [3.05, 3.63) is 52.6 Å². The Morgan fingerprint density at radius 3 is 2.55 bits per heavy atom. The number of fused-ring (bicyclic) bond motifs is 1. The van der Waals surface area contributed by atoms with E-state index in [1.165, 1.54) is 49.6 Å². The van der Waals surface area contributed by atoms with Gasteiger partial charge in [-0.15, -0.1) is 0 Å². The van der Waals surface area contributed by atoms with Crippen LogP contribution in [0.25, 0.3) is 0 Å². The van der Waals surface area contributed by atoms with Gasteiger partial charge in [-0.1, -0.05) is 31.4 Å². The van der Waals surface area contributed by atoms with E-state index < -0.39 is 11.4 Å². The first-order chi connectivity index (χ1) is 19.5. The van der Waals surface area contributed by atoms with Crippen molar-refractivity contribution in [3.8, 4) is 0 Å². The molecule has 1 saturated carbocycles. The molecule has 2 aliphatic heterocycles. The number of aliphatic carboxylic acids is 1. The predicted octanol–water partition coefficient (Wildman–Crippen LogP) is 5.85. The Morgan fingerprint density at radius 1 is 1.05 bits per heavy atom. The third kappa shape index (κ3) is 5.61. The SMILES string of the molecule is CCn1nc2c(c1C1CCN(C[C@H]3CN(CC4(C(=O)O)CCCCC4)C[C@@H]3c3cccc(F)c3)CC1)CCCC2. The van der Waals surface area contributed by atoms with Gasteiger partial charge in [-0.25, -0.2) is 4.39 Å². The molecule has 4 aliphatic rings. The topological polar surface area (TPSA) is 61.6 Å². The molecule has 1 aromatic heterocycles. The summed E-state index contributed by atoms with van der Waals surface area (Å²) in [6.45, 7) is 8.67. The van der Waals surface area contributed by atoms with E-state index in [9.17, 15) is 14.3 Å². The second kappa shape index (κ2) is 11.9. The average Bonchev–Trinajstić information content (AvgIpc) is 3.54. The van der Waals surface area contributed by atoms with Gasteiger partial charge >= 0.3 is 5.97 Å². The summed E-state index contributed by atoms with van der Waals surface area (Å²) in [6.07, 6.45) is 11.9. The summed E-state index contributed by atoms with van der Waals surface area (Å²) in [7, 11) is 0. The van der Waals surface area contributed by atoms with Gasteiger partial charge in [-0.3, -0.25) is 9.48 Å². The highest BCUT2D eigenvalue weighted by atomic mass is 19.1. The molecule has 7 heteroatoms. The van der Waals surface area contributed by atoms with Gasteiger partial charge in [0.15, 0.2) is 0 Å². The monoisotopic (exact) mass is 550 g/mol. The van der Waals surface area contributed by atoms with Gasteiger partial charge in [0.25, 0.3) is 0 Å². The maximum absolute atomic E-state index is 14.3. The van der Waals surface area contributed by atoms with Crippen LogP contribution in [0.1, 0.15) is 99.1 Å². The van der Waals surface area contributed by atoms with Crippen LogP contribution in [0, 0.1) is 17.2 Å². The Kier molecular flexibility index (Phi) is 8.32. The zero-order valence-electron chi connectivity index (χ0n) is 24.3. The molecule has 0 amide bonds. The van der Waals surface area contributed by atoms with E-state index in [0.717, 1.165) is 83.4 Å². The molecule has 2 aromatic rings. The number of rotatable bonds is 8. The quantitative estimate of drug-likeness (QED) is 0.447. The molecule has 0 unspecified atom stereocenters. The van der Waals surface area contributed by atoms with Gasteiger partial charge in [0, 0.05) is 50.3 Å². The number of nitrogens with zero attached hydrogens (tertiary/aromatic N) is 4. The Bertz CT molecular complexity index is 1180. The summed E-state index contributed by atoms with van der Waals surface area (Å²) in [5, 5.41) is 15.2. The van der Waals surface area contributed by atoms with Crippen LogP contribution in [0.2, 0.25) is 0 Å².